The van der Waals surface area contributed by atoms with Crippen LogP contribution >= 0.6 is 0 Å². The van der Waals surface area contributed by atoms with Crippen molar-refractivity contribution in [3.8, 4) is 0 Å². The van der Waals surface area contributed by atoms with Crippen molar-refractivity contribution in [3.05, 3.63) is 161 Å². The van der Waals surface area contributed by atoms with Crippen LogP contribution in [0, 0.1) is 38.5 Å². The summed E-state index contributed by atoms with van der Waals surface area (Å²) in [7, 11) is 6.19. The molecule has 0 spiro atoms. The summed E-state index contributed by atoms with van der Waals surface area (Å²) < 4.78 is 12.8. The van der Waals surface area contributed by atoms with E-state index >= 15 is 0 Å². The molecule has 0 saturated carbocycles. The van der Waals surface area contributed by atoms with E-state index in [-0.39, 0.29) is 35.1 Å². The van der Waals surface area contributed by atoms with Crippen molar-refractivity contribution in [1.82, 2.24) is 42.4 Å². The van der Waals surface area contributed by atoms with Gasteiger partial charge in [0.25, 0.3) is 0 Å². The van der Waals surface area contributed by atoms with Crippen LogP contribution in [0.2, 0.25) is 0 Å². The summed E-state index contributed by atoms with van der Waals surface area (Å²) in [5.74, 6) is 3.90. The molecule has 0 saturated heterocycles. The highest BCUT2D eigenvalue weighted by Crippen LogP contribution is 2.37. The Kier molecular flexibility index (Phi) is 11.3. The fraction of sp³-hybridized carbons (Fsp3) is 0.333. The number of fused-ring (bicyclic) bond motifs is 9. The van der Waals surface area contributed by atoms with Crippen LogP contribution in [-0.2, 0) is 60.0 Å². The lowest BCUT2D eigenvalue weighted by molar-refractivity contribution is 0.0880. The largest absolute Gasteiger partial charge is 0.347 e. The Morgan fingerprint density at radius 2 is 0.712 bits per heavy atom. The van der Waals surface area contributed by atoms with Crippen LogP contribution in [0.1, 0.15) is 84.9 Å². The van der Waals surface area contributed by atoms with Gasteiger partial charge in [-0.2, -0.15) is 0 Å². The maximum Gasteiger partial charge on any atom is 0.170 e. The molecule has 0 fully saturated rings. The van der Waals surface area contributed by atoms with Gasteiger partial charge in [0.15, 0.2) is 17.3 Å². The van der Waals surface area contributed by atoms with E-state index < -0.39 is 0 Å². The highest BCUT2D eigenvalue weighted by molar-refractivity contribution is 6.13. The van der Waals surface area contributed by atoms with E-state index in [1.54, 1.807) is 18.6 Å². The molecule has 12 heteroatoms. The molecule has 0 bridgehead atoms. The van der Waals surface area contributed by atoms with Crippen molar-refractivity contribution in [3.63, 3.8) is 0 Å². The Morgan fingerprint density at radius 1 is 0.439 bits per heavy atom. The molecule has 12 nitrogen and oxygen atoms in total. The fourth-order valence-corrected chi connectivity index (χ4v) is 11.0. The number of hydrogen-bond acceptors (Lipinski definition) is 6. The van der Waals surface area contributed by atoms with Crippen LogP contribution in [0.5, 0.6) is 0 Å². The number of rotatable bonds is 6. The number of benzene rings is 3. The zero-order valence-corrected chi connectivity index (χ0v) is 38.7. The van der Waals surface area contributed by atoms with Gasteiger partial charge in [0, 0.05) is 162 Å². The van der Waals surface area contributed by atoms with Gasteiger partial charge in [-0.05, 0) is 77.5 Å². The summed E-state index contributed by atoms with van der Waals surface area (Å²) in [4.78, 5) is 51.9. The van der Waals surface area contributed by atoms with Gasteiger partial charge in [-0.1, -0.05) is 54.6 Å². The first-order chi connectivity index (χ1) is 32.0. The number of aromatic nitrogens is 9. The van der Waals surface area contributed by atoms with Crippen molar-refractivity contribution >= 4 is 50.1 Å². The predicted molar refractivity (Wildman–Crippen MR) is 258 cm³/mol. The second-order valence-corrected chi connectivity index (χ2v) is 18.4. The summed E-state index contributed by atoms with van der Waals surface area (Å²) in [5.41, 5.74) is 9.83. The number of para-hydroxylation sites is 3. The highest BCUT2D eigenvalue weighted by atomic mass is 16.1. The molecule has 9 aromatic rings. The highest BCUT2D eigenvalue weighted by Gasteiger charge is 2.35. The summed E-state index contributed by atoms with van der Waals surface area (Å²) in [6.07, 6.45) is 16.9. The normalized spacial score (nSPS) is 17.9. The summed E-state index contributed by atoms with van der Waals surface area (Å²) >= 11 is 0. The molecular weight excluding hydrogens is 823 g/mol. The maximum absolute atomic E-state index is 13.0. The smallest absolute Gasteiger partial charge is 0.170 e. The lowest BCUT2D eigenvalue weighted by Crippen LogP contribution is -2.27. The average Bonchev–Trinajstić information content (AvgIpc) is 4.19. The van der Waals surface area contributed by atoms with Gasteiger partial charge < -0.3 is 27.4 Å². The molecule has 3 aliphatic rings. The van der Waals surface area contributed by atoms with Crippen molar-refractivity contribution in [2.45, 2.75) is 78.9 Å². The molecule has 3 atom stereocenters. The van der Waals surface area contributed by atoms with Crippen molar-refractivity contribution in [2.75, 3.05) is 0 Å². The minimum absolute atomic E-state index is 0.0474. The van der Waals surface area contributed by atoms with E-state index in [1.165, 1.54) is 17.1 Å². The minimum Gasteiger partial charge on any atom is -0.347 e. The van der Waals surface area contributed by atoms with E-state index in [4.69, 9.17) is 0 Å². The fourth-order valence-electron chi connectivity index (χ4n) is 11.0. The van der Waals surface area contributed by atoms with E-state index in [0.717, 1.165) is 125 Å². The van der Waals surface area contributed by atoms with Crippen molar-refractivity contribution in [2.24, 2.45) is 38.9 Å². The first-order valence-electron chi connectivity index (χ1n) is 23.2. The molecule has 3 aromatic carbocycles. The lowest BCUT2D eigenvalue weighted by Gasteiger charge is -2.23. The summed E-state index contributed by atoms with van der Waals surface area (Å²) in [5, 5.41) is 3.28. The number of aryl methyl sites for hydroxylation is 6. The monoisotopic (exact) mass is 879 g/mol. The van der Waals surface area contributed by atoms with E-state index in [1.807, 2.05) is 75.8 Å². The number of imidazole rings is 3. The van der Waals surface area contributed by atoms with E-state index in [9.17, 15) is 14.4 Å². The zero-order chi connectivity index (χ0) is 45.8. The third-order valence-electron chi connectivity index (χ3n) is 14.7. The molecule has 66 heavy (non-hydrogen) atoms. The SMILES string of the molecule is Cc1nccn1CC1CCc2c(c3ccccc3n2C)C1=O.Cc1nccn1CC1CCc2c(c3ccccc3n2C)C1=O.Cc1nccn1CC1CCc2c(c3ccccc3n2C)C1=O. The molecule has 0 amide bonds. The molecule has 6 heterocycles. The van der Waals surface area contributed by atoms with Crippen LogP contribution in [0.4, 0.5) is 0 Å². The van der Waals surface area contributed by atoms with Gasteiger partial charge >= 0.3 is 0 Å². The topological polar surface area (TPSA) is 119 Å². The molecule has 0 N–H and O–H groups in total. The average molecular weight is 880 g/mol. The van der Waals surface area contributed by atoms with Gasteiger partial charge in [-0.15, -0.1) is 0 Å². The van der Waals surface area contributed by atoms with Crippen LogP contribution in [0.3, 0.4) is 0 Å². The first-order valence-corrected chi connectivity index (χ1v) is 23.2. The molecule has 12 rings (SSSR count). The van der Waals surface area contributed by atoms with Crippen LogP contribution in [0.15, 0.2) is 110 Å². The number of nitrogens with zero attached hydrogens (tertiary/aromatic N) is 9. The standard InChI is InChI=1S/3C18H19N3O/c3*1-12-19-9-10-21(12)11-13-7-8-16-17(18(13)22)14-5-3-4-6-15(14)20(16)2/h3*3-6,9-10,13H,7-8,11H2,1-2H3. The van der Waals surface area contributed by atoms with Crippen LogP contribution < -0.4 is 0 Å². The van der Waals surface area contributed by atoms with Gasteiger partial charge in [0.2, 0.25) is 0 Å². The minimum atomic E-state index is 0.0474. The summed E-state index contributed by atoms with van der Waals surface area (Å²) in [6.45, 7) is 8.14. The van der Waals surface area contributed by atoms with Crippen molar-refractivity contribution in [1.29, 1.82) is 0 Å². The number of Topliss-reactive ketones (excluding diaryl/α,β-unsaturated/α-hetero) is 3. The second-order valence-electron chi connectivity index (χ2n) is 18.4. The third-order valence-corrected chi connectivity index (χ3v) is 14.7. The van der Waals surface area contributed by atoms with Gasteiger partial charge in [0.1, 0.15) is 17.5 Å². The Balaban J connectivity index is 0.000000116. The Hall–Kier alpha value is -7.08. The molecule has 336 valence electrons. The number of hydrogen-bond donors (Lipinski definition) is 0. The predicted octanol–water partition coefficient (Wildman–Crippen LogP) is 9.39. The Labute approximate surface area is 384 Å². The number of carbonyl (C=O) groups is 3. The van der Waals surface area contributed by atoms with Gasteiger partial charge in [-0.3, -0.25) is 14.4 Å². The quantitative estimate of drug-likeness (QED) is 0.164. The maximum atomic E-state index is 13.0. The van der Waals surface area contributed by atoms with E-state index in [0.29, 0.717) is 0 Å². The van der Waals surface area contributed by atoms with Crippen LogP contribution in [0.25, 0.3) is 32.7 Å². The molecule has 0 aliphatic heterocycles. The number of carbonyl (C=O) groups excluding carboxylic acids is 3. The molecule has 0 radical (unpaired) electrons. The molecular formula is C54H57N9O3. The first kappa shape index (κ1) is 42.8. The summed E-state index contributed by atoms with van der Waals surface area (Å²) in [6, 6.07) is 24.6. The third kappa shape index (κ3) is 7.42. The zero-order valence-electron chi connectivity index (χ0n) is 38.7. The molecule has 6 aromatic heterocycles. The number of ketones is 3. The van der Waals surface area contributed by atoms with E-state index in [2.05, 4.69) is 99.9 Å². The van der Waals surface area contributed by atoms with Gasteiger partial charge in [0.05, 0.1) is 0 Å². The van der Waals surface area contributed by atoms with Gasteiger partial charge in [-0.25, -0.2) is 15.0 Å². The Morgan fingerprint density at radius 3 is 0.970 bits per heavy atom. The molecule has 3 aliphatic carbocycles. The van der Waals surface area contributed by atoms with Crippen LogP contribution in [-0.4, -0.2) is 59.7 Å². The lowest BCUT2D eigenvalue weighted by atomic mass is 9.85. The Bertz CT molecular complexity index is 2960. The molecule has 3 unspecified atom stereocenters. The second kappa shape index (κ2) is 17.4. The van der Waals surface area contributed by atoms with Crippen molar-refractivity contribution < 1.29 is 14.4 Å².